The van der Waals surface area contributed by atoms with Crippen LogP contribution in [0.15, 0.2) is 12.1 Å². The summed E-state index contributed by atoms with van der Waals surface area (Å²) in [6.07, 6.45) is 2.05. The summed E-state index contributed by atoms with van der Waals surface area (Å²) in [7, 11) is 0. The lowest BCUT2D eigenvalue weighted by Crippen LogP contribution is -2.32. The summed E-state index contributed by atoms with van der Waals surface area (Å²) in [6.45, 7) is 2.08. The van der Waals surface area contributed by atoms with Gasteiger partial charge in [-0.25, -0.2) is 13.2 Å². The van der Waals surface area contributed by atoms with Crippen LogP contribution in [-0.2, 0) is 0 Å². The molecule has 0 bridgehead atoms. The molecule has 0 spiro atoms. The minimum atomic E-state index is -1.42. The number of hydrogen-bond acceptors (Lipinski definition) is 2. The van der Waals surface area contributed by atoms with Gasteiger partial charge in [0.25, 0.3) is 0 Å². The quantitative estimate of drug-likeness (QED) is 0.813. The van der Waals surface area contributed by atoms with Crippen LogP contribution in [0.2, 0.25) is 0 Å². The highest BCUT2D eigenvalue weighted by Gasteiger charge is 2.22. The van der Waals surface area contributed by atoms with Crippen molar-refractivity contribution in [2.75, 3.05) is 11.1 Å². The van der Waals surface area contributed by atoms with Crippen LogP contribution in [0.3, 0.4) is 0 Å². The van der Waals surface area contributed by atoms with Crippen molar-refractivity contribution in [2.24, 2.45) is 0 Å². The van der Waals surface area contributed by atoms with E-state index in [4.69, 9.17) is 0 Å². The molecule has 2 unspecified atom stereocenters. The normalized spacial score (nSPS) is 24.7. The summed E-state index contributed by atoms with van der Waals surface area (Å²) in [5.41, 5.74) is 0.306. The van der Waals surface area contributed by atoms with Crippen LogP contribution in [-0.4, -0.2) is 17.0 Å². The van der Waals surface area contributed by atoms with E-state index in [0.29, 0.717) is 10.9 Å². The minimum Gasteiger partial charge on any atom is -0.381 e. The van der Waals surface area contributed by atoms with Gasteiger partial charge in [0.15, 0.2) is 17.5 Å². The van der Waals surface area contributed by atoms with Gasteiger partial charge in [-0.15, -0.1) is 0 Å². The number of benzene rings is 1. The van der Waals surface area contributed by atoms with Crippen molar-refractivity contribution >= 4 is 17.4 Å². The van der Waals surface area contributed by atoms with E-state index in [0.717, 1.165) is 30.7 Å². The third-order valence-corrected chi connectivity index (χ3v) is 4.32. The first kappa shape index (κ1) is 12.6. The molecule has 17 heavy (non-hydrogen) atoms. The molecule has 1 aliphatic heterocycles. The summed E-state index contributed by atoms with van der Waals surface area (Å²) >= 11 is 1.83. The molecule has 2 atom stereocenters. The molecule has 0 aromatic heterocycles. The Labute approximate surface area is 103 Å². The van der Waals surface area contributed by atoms with E-state index in [9.17, 15) is 13.2 Å². The molecule has 5 heteroatoms. The first-order valence-corrected chi connectivity index (χ1v) is 6.65. The van der Waals surface area contributed by atoms with Gasteiger partial charge >= 0.3 is 0 Å². The van der Waals surface area contributed by atoms with Crippen LogP contribution in [0.4, 0.5) is 18.9 Å². The molecule has 1 aromatic carbocycles. The Balaban J connectivity index is 2.12. The molecule has 1 saturated heterocycles. The van der Waals surface area contributed by atoms with Gasteiger partial charge in [-0.3, -0.25) is 0 Å². The largest absolute Gasteiger partial charge is 0.381 e. The average molecular weight is 261 g/mol. The molecule has 0 radical (unpaired) electrons. The third-order valence-electron chi connectivity index (χ3n) is 2.94. The Bertz CT molecular complexity index is 388. The second-order valence-corrected chi connectivity index (χ2v) is 5.71. The molecule has 1 nitrogen and oxygen atoms in total. The van der Waals surface area contributed by atoms with Gasteiger partial charge in [-0.1, -0.05) is 6.92 Å². The fraction of sp³-hybridized carbons (Fsp3) is 0.500. The van der Waals surface area contributed by atoms with Crippen molar-refractivity contribution in [2.45, 2.75) is 31.1 Å². The number of anilines is 1. The fourth-order valence-corrected chi connectivity index (χ4v) is 3.11. The van der Waals surface area contributed by atoms with Gasteiger partial charge in [0.1, 0.15) is 0 Å². The first-order chi connectivity index (χ1) is 8.08. The second kappa shape index (κ2) is 5.21. The fourth-order valence-electron chi connectivity index (χ4n) is 1.97. The molecule has 0 saturated carbocycles. The van der Waals surface area contributed by atoms with E-state index >= 15 is 0 Å². The maximum Gasteiger partial charge on any atom is 0.194 e. The van der Waals surface area contributed by atoms with Crippen LogP contribution >= 0.6 is 11.8 Å². The Hall–Kier alpha value is -0.840. The molecule has 94 valence electrons. The minimum absolute atomic E-state index is 0.179. The van der Waals surface area contributed by atoms with Crippen molar-refractivity contribution < 1.29 is 13.2 Å². The van der Waals surface area contributed by atoms with Crippen molar-refractivity contribution in [1.29, 1.82) is 0 Å². The summed E-state index contributed by atoms with van der Waals surface area (Å²) < 4.78 is 38.8. The molecular formula is C12H14F3NS. The summed E-state index contributed by atoms with van der Waals surface area (Å²) in [5.74, 6) is -2.60. The van der Waals surface area contributed by atoms with Gasteiger partial charge < -0.3 is 5.32 Å². The Morgan fingerprint density at radius 2 is 1.88 bits per heavy atom. The van der Waals surface area contributed by atoms with Crippen molar-refractivity contribution in [1.82, 2.24) is 0 Å². The third kappa shape index (κ3) is 2.89. The van der Waals surface area contributed by atoms with Crippen molar-refractivity contribution in [3.63, 3.8) is 0 Å². The molecule has 0 amide bonds. The van der Waals surface area contributed by atoms with Gasteiger partial charge in [-0.2, -0.15) is 11.8 Å². The van der Waals surface area contributed by atoms with Crippen LogP contribution in [0, 0.1) is 17.5 Å². The highest BCUT2D eigenvalue weighted by Crippen LogP contribution is 2.28. The maximum atomic E-state index is 13.0. The lowest BCUT2D eigenvalue weighted by atomic mass is 10.1. The summed E-state index contributed by atoms with van der Waals surface area (Å²) in [6, 6.07) is 2.19. The number of nitrogens with one attached hydrogen (secondary N) is 1. The monoisotopic (exact) mass is 261 g/mol. The van der Waals surface area contributed by atoms with Crippen LogP contribution in [0.1, 0.15) is 19.8 Å². The van der Waals surface area contributed by atoms with E-state index < -0.39 is 17.5 Å². The molecule has 2 rings (SSSR count). The Morgan fingerprint density at radius 1 is 1.24 bits per heavy atom. The van der Waals surface area contributed by atoms with E-state index in [1.165, 1.54) is 0 Å². The molecule has 1 aliphatic rings. The standard InChI is InChI=1S/C12H14F3NS/c1-7-11(3-2-4-17-7)16-8-5-9(13)12(15)10(14)6-8/h5-7,11,16H,2-4H2,1H3. The van der Waals surface area contributed by atoms with E-state index in [1.807, 2.05) is 11.8 Å². The van der Waals surface area contributed by atoms with Gasteiger partial charge in [0.2, 0.25) is 0 Å². The predicted octanol–water partition coefficient (Wildman–Crippen LogP) is 3.80. The molecule has 1 fully saturated rings. The average Bonchev–Trinajstić information content (AvgIpc) is 2.29. The van der Waals surface area contributed by atoms with E-state index in [1.54, 1.807) is 0 Å². The molecule has 1 aromatic rings. The Kier molecular flexibility index (Phi) is 3.86. The lowest BCUT2D eigenvalue weighted by Gasteiger charge is -2.30. The smallest absolute Gasteiger partial charge is 0.194 e. The van der Waals surface area contributed by atoms with Gasteiger partial charge in [-0.05, 0) is 18.6 Å². The molecule has 1 heterocycles. The number of thioether (sulfide) groups is 1. The van der Waals surface area contributed by atoms with E-state index in [-0.39, 0.29) is 6.04 Å². The van der Waals surface area contributed by atoms with Crippen LogP contribution in [0.25, 0.3) is 0 Å². The van der Waals surface area contributed by atoms with Crippen LogP contribution < -0.4 is 5.32 Å². The molecular weight excluding hydrogens is 247 g/mol. The summed E-state index contributed by atoms with van der Waals surface area (Å²) in [4.78, 5) is 0. The maximum absolute atomic E-state index is 13.0. The predicted molar refractivity (Wildman–Crippen MR) is 64.9 cm³/mol. The number of hydrogen-bond donors (Lipinski definition) is 1. The zero-order chi connectivity index (χ0) is 12.4. The van der Waals surface area contributed by atoms with Gasteiger partial charge in [0, 0.05) is 29.1 Å². The lowest BCUT2D eigenvalue weighted by molar-refractivity contribution is 0.447. The zero-order valence-corrected chi connectivity index (χ0v) is 10.3. The molecule has 1 N–H and O–H groups in total. The first-order valence-electron chi connectivity index (χ1n) is 5.60. The van der Waals surface area contributed by atoms with Crippen molar-refractivity contribution in [3.05, 3.63) is 29.6 Å². The van der Waals surface area contributed by atoms with Crippen molar-refractivity contribution in [3.8, 4) is 0 Å². The van der Waals surface area contributed by atoms with Gasteiger partial charge in [0.05, 0.1) is 0 Å². The zero-order valence-electron chi connectivity index (χ0n) is 9.47. The topological polar surface area (TPSA) is 12.0 Å². The number of rotatable bonds is 2. The number of halogens is 3. The highest BCUT2D eigenvalue weighted by atomic mass is 32.2. The Morgan fingerprint density at radius 3 is 2.47 bits per heavy atom. The summed E-state index contributed by atoms with van der Waals surface area (Å²) in [5, 5.41) is 3.46. The molecule has 0 aliphatic carbocycles. The SMILES string of the molecule is CC1SCCCC1Nc1cc(F)c(F)c(F)c1. The second-order valence-electron chi connectivity index (χ2n) is 4.22. The van der Waals surface area contributed by atoms with E-state index in [2.05, 4.69) is 12.2 Å². The highest BCUT2D eigenvalue weighted by molar-refractivity contribution is 8.00. The van der Waals surface area contributed by atoms with Crippen LogP contribution in [0.5, 0.6) is 0 Å².